The van der Waals surface area contributed by atoms with E-state index in [1.165, 1.54) is 31.2 Å². The molecule has 0 spiro atoms. The van der Waals surface area contributed by atoms with Gasteiger partial charge in [0.25, 0.3) is 10.0 Å². The average Bonchev–Trinajstić information content (AvgIpc) is 2.55. The van der Waals surface area contributed by atoms with Crippen molar-refractivity contribution in [3.63, 3.8) is 0 Å². The Kier molecular flexibility index (Phi) is 5.99. The molecule has 2 rings (SSSR count). The van der Waals surface area contributed by atoms with Crippen molar-refractivity contribution >= 4 is 27.3 Å². The van der Waals surface area contributed by atoms with Crippen LogP contribution in [0.3, 0.4) is 0 Å². The molecule has 0 bridgehead atoms. The molecule has 0 aliphatic rings. The standard InChI is InChI=1S/C17H17F3N2O4S/c1-3-26-16-8-7-14(10-15(16)21-11(2)23)27(24,25)22-13-6-4-5-12(9-13)17(18,19)20/h4-10,22H,3H2,1-2H3,(H,21,23). The Hall–Kier alpha value is -2.75. The number of carbonyl (C=O) groups excluding carboxylic acids is 1. The summed E-state index contributed by atoms with van der Waals surface area (Å²) in [5.74, 6) is -0.165. The van der Waals surface area contributed by atoms with Crippen LogP contribution in [0, 0.1) is 0 Å². The second-order valence-corrected chi connectivity index (χ2v) is 7.14. The van der Waals surface area contributed by atoms with Crippen LogP contribution >= 0.6 is 0 Å². The molecule has 0 aliphatic heterocycles. The summed E-state index contributed by atoms with van der Waals surface area (Å²) in [6.07, 6.45) is -4.60. The van der Waals surface area contributed by atoms with Crippen LogP contribution in [0.4, 0.5) is 24.5 Å². The highest BCUT2D eigenvalue weighted by Gasteiger charge is 2.30. The van der Waals surface area contributed by atoms with Gasteiger partial charge in [0.2, 0.25) is 5.91 Å². The molecule has 0 heterocycles. The van der Waals surface area contributed by atoms with E-state index >= 15 is 0 Å². The van der Waals surface area contributed by atoms with Crippen LogP contribution < -0.4 is 14.8 Å². The van der Waals surface area contributed by atoms with E-state index in [0.29, 0.717) is 12.7 Å². The number of alkyl halides is 3. The van der Waals surface area contributed by atoms with Gasteiger partial charge < -0.3 is 10.1 Å². The van der Waals surface area contributed by atoms with Gasteiger partial charge in [0, 0.05) is 12.6 Å². The van der Waals surface area contributed by atoms with Gasteiger partial charge in [-0.2, -0.15) is 13.2 Å². The van der Waals surface area contributed by atoms with E-state index in [-0.39, 0.29) is 22.0 Å². The molecule has 0 radical (unpaired) electrons. The van der Waals surface area contributed by atoms with Crippen molar-refractivity contribution < 1.29 is 31.1 Å². The van der Waals surface area contributed by atoms with Gasteiger partial charge in [0.05, 0.1) is 22.8 Å². The van der Waals surface area contributed by atoms with Crippen molar-refractivity contribution in [2.75, 3.05) is 16.6 Å². The molecule has 146 valence electrons. The molecule has 0 aliphatic carbocycles. The van der Waals surface area contributed by atoms with Crippen molar-refractivity contribution in [3.05, 3.63) is 48.0 Å². The molecule has 2 aromatic carbocycles. The van der Waals surface area contributed by atoms with Gasteiger partial charge >= 0.3 is 6.18 Å². The zero-order valence-corrected chi connectivity index (χ0v) is 15.2. The molecular weight excluding hydrogens is 385 g/mol. The average molecular weight is 402 g/mol. The number of anilines is 2. The fourth-order valence-corrected chi connectivity index (χ4v) is 3.29. The van der Waals surface area contributed by atoms with Crippen molar-refractivity contribution in [1.29, 1.82) is 0 Å². The highest BCUT2D eigenvalue weighted by molar-refractivity contribution is 7.92. The minimum absolute atomic E-state index is 0.135. The smallest absolute Gasteiger partial charge is 0.416 e. The molecular formula is C17H17F3N2O4S. The number of halogens is 3. The molecule has 0 aromatic heterocycles. The summed E-state index contributed by atoms with van der Waals surface area (Å²) in [6, 6.07) is 7.59. The van der Waals surface area contributed by atoms with Gasteiger partial charge in [-0.1, -0.05) is 6.07 Å². The maximum Gasteiger partial charge on any atom is 0.416 e. The topological polar surface area (TPSA) is 84.5 Å². The molecule has 0 atom stereocenters. The number of amides is 1. The molecule has 2 aromatic rings. The molecule has 0 unspecified atom stereocenters. The number of sulfonamides is 1. The minimum atomic E-state index is -4.60. The van der Waals surface area contributed by atoms with Crippen LogP contribution in [0.25, 0.3) is 0 Å². The van der Waals surface area contributed by atoms with Gasteiger partial charge in [-0.3, -0.25) is 9.52 Å². The highest BCUT2D eigenvalue weighted by atomic mass is 32.2. The lowest BCUT2D eigenvalue weighted by Crippen LogP contribution is -2.15. The summed E-state index contributed by atoms with van der Waals surface area (Å²) in [6.45, 7) is 3.26. The first-order valence-corrected chi connectivity index (χ1v) is 9.26. The van der Waals surface area contributed by atoms with E-state index in [0.717, 1.165) is 12.1 Å². The Bertz CT molecular complexity index is 943. The molecule has 27 heavy (non-hydrogen) atoms. The van der Waals surface area contributed by atoms with E-state index in [1.807, 2.05) is 0 Å². The predicted octanol–water partition coefficient (Wildman–Crippen LogP) is 3.86. The van der Waals surface area contributed by atoms with Crippen molar-refractivity contribution in [1.82, 2.24) is 0 Å². The van der Waals surface area contributed by atoms with E-state index in [9.17, 15) is 26.4 Å². The molecule has 1 amide bonds. The largest absolute Gasteiger partial charge is 0.492 e. The number of ether oxygens (including phenoxy) is 1. The fourth-order valence-electron chi connectivity index (χ4n) is 2.22. The van der Waals surface area contributed by atoms with E-state index < -0.39 is 27.7 Å². The molecule has 0 fully saturated rings. The highest BCUT2D eigenvalue weighted by Crippen LogP contribution is 2.32. The van der Waals surface area contributed by atoms with Crippen LogP contribution in [0.1, 0.15) is 19.4 Å². The van der Waals surface area contributed by atoms with Crippen LogP contribution in [0.5, 0.6) is 5.75 Å². The second kappa shape index (κ2) is 7.87. The van der Waals surface area contributed by atoms with Gasteiger partial charge in [-0.05, 0) is 43.3 Å². The normalized spacial score (nSPS) is 11.7. The van der Waals surface area contributed by atoms with Gasteiger partial charge in [0.1, 0.15) is 5.75 Å². The third kappa shape index (κ3) is 5.36. The zero-order valence-electron chi connectivity index (χ0n) is 14.4. The molecule has 0 saturated carbocycles. The van der Waals surface area contributed by atoms with Crippen molar-refractivity contribution in [3.8, 4) is 5.75 Å². The van der Waals surface area contributed by atoms with Gasteiger partial charge in [0.15, 0.2) is 0 Å². The third-order valence-electron chi connectivity index (χ3n) is 3.31. The van der Waals surface area contributed by atoms with Crippen LogP contribution in [0.2, 0.25) is 0 Å². The second-order valence-electron chi connectivity index (χ2n) is 5.46. The van der Waals surface area contributed by atoms with Crippen LogP contribution in [-0.2, 0) is 21.0 Å². The third-order valence-corrected chi connectivity index (χ3v) is 4.69. The number of rotatable bonds is 6. The lowest BCUT2D eigenvalue weighted by atomic mass is 10.2. The Morgan fingerprint density at radius 2 is 1.85 bits per heavy atom. The van der Waals surface area contributed by atoms with E-state index in [1.54, 1.807) is 6.92 Å². The Labute approximate surface area is 154 Å². The summed E-state index contributed by atoms with van der Waals surface area (Å²) < 4.78 is 70.8. The van der Waals surface area contributed by atoms with Crippen LogP contribution in [0.15, 0.2) is 47.4 Å². The Morgan fingerprint density at radius 1 is 1.15 bits per heavy atom. The quantitative estimate of drug-likeness (QED) is 0.768. The summed E-state index contributed by atoms with van der Waals surface area (Å²) in [5.41, 5.74) is -1.08. The van der Waals surface area contributed by atoms with E-state index in [4.69, 9.17) is 4.74 Å². The van der Waals surface area contributed by atoms with Crippen molar-refractivity contribution in [2.45, 2.75) is 24.9 Å². The summed E-state index contributed by atoms with van der Waals surface area (Å²) in [7, 11) is -4.19. The number of nitrogens with one attached hydrogen (secondary N) is 2. The SMILES string of the molecule is CCOc1ccc(S(=O)(=O)Nc2cccc(C(F)(F)F)c2)cc1NC(C)=O. The Balaban J connectivity index is 2.37. The molecule has 6 nitrogen and oxygen atoms in total. The zero-order chi connectivity index (χ0) is 20.2. The number of benzene rings is 2. The number of carbonyl (C=O) groups is 1. The number of hydrogen-bond acceptors (Lipinski definition) is 4. The maximum atomic E-state index is 12.8. The Morgan fingerprint density at radius 3 is 2.44 bits per heavy atom. The minimum Gasteiger partial charge on any atom is -0.492 e. The fraction of sp³-hybridized carbons (Fsp3) is 0.235. The first-order valence-electron chi connectivity index (χ1n) is 7.77. The summed E-state index contributed by atoms with van der Waals surface area (Å²) >= 11 is 0. The first-order chi connectivity index (χ1) is 12.5. The lowest BCUT2D eigenvalue weighted by Gasteiger charge is -2.14. The molecule has 0 saturated heterocycles. The first kappa shape index (κ1) is 20.6. The molecule has 10 heteroatoms. The van der Waals surface area contributed by atoms with Gasteiger partial charge in [-0.25, -0.2) is 8.42 Å². The summed E-state index contributed by atoms with van der Waals surface area (Å²) in [4.78, 5) is 11.1. The van der Waals surface area contributed by atoms with Crippen molar-refractivity contribution in [2.24, 2.45) is 0 Å². The molecule has 2 N–H and O–H groups in total. The number of hydrogen-bond donors (Lipinski definition) is 2. The lowest BCUT2D eigenvalue weighted by molar-refractivity contribution is -0.137. The monoisotopic (exact) mass is 402 g/mol. The maximum absolute atomic E-state index is 12.8. The van der Waals surface area contributed by atoms with Gasteiger partial charge in [-0.15, -0.1) is 0 Å². The van der Waals surface area contributed by atoms with E-state index in [2.05, 4.69) is 10.0 Å². The summed E-state index contributed by atoms with van der Waals surface area (Å²) in [5, 5.41) is 2.46. The van der Waals surface area contributed by atoms with Crippen LogP contribution in [-0.4, -0.2) is 20.9 Å². The predicted molar refractivity (Wildman–Crippen MR) is 94.2 cm³/mol.